The Labute approximate surface area is 132 Å². The number of aromatic hydroxyl groups is 2. The maximum atomic E-state index is 12.1. The van der Waals surface area contributed by atoms with Crippen molar-refractivity contribution >= 4 is 0 Å². The first-order valence-electron chi connectivity index (χ1n) is 7.31. The molecule has 0 spiro atoms. The second-order valence-electron chi connectivity index (χ2n) is 5.37. The number of nitrogens with zero attached hydrogens (tertiary/aromatic N) is 2. The molecule has 3 N–H and O–H groups in total. The number of hydrogen-bond donors (Lipinski definition) is 3. The first-order valence-corrected chi connectivity index (χ1v) is 7.31. The number of nitrogens with one attached hydrogen (secondary N) is 1. The maximum Gasteiger partial charge on any atom is 0.348 e. The molecular formula is C17H17N3O3. The van der Waals surface area contributed by atoms with Crippen LogP contribution in [0, 0.1) is 6.92 Å². The molecule has 0 fully saturated rings. The summed E-state index contributed by atoms with van der Waals surface area (Å²) in [6, 6.07) is 10.3. The summed E-state index contributed by atoms with van der Waals surface area (Å²) in [6.45, 7) is 3.86. The van der Waals surface area contributed by atoms with Crippen molar-refractivity contribution in [3.8, 4) is 28.6 Å². The summed E-state index contributed by atoms with van der Waals surface area (Å²) in [5, 5.41) is 26.4. The molecule has 0 saturated carbocycles. The van der Waals surface area contributed by atoms with E-state index in [1.807, 2.05) is 38.1 Å². The predicted molar refractivity (Wildman–Crippen MR) is 87.1 cm³/mol. The van der Waals surface area contributed by atoms with Crippen LogP contribution in [-0.2, 0) is 6.42 Å². The lowest BCUT2D eigenvalue weighted by Crippen LogP contribution is -2.15. The van der Waals surface area contributed by atoms with E-state index in [-0.39, 0.29) is 11.5 Å². The molecule has 0 unspecified atom stereocenters. The molecule has 2 aromatic carbocycles. The molecule has 1 heterocycles. The molecule has 3 rings (SSSR count). The molecule has 0 saturated heterocycles. The van der Waals surface area contributed by atoms with Gasteiger partial charge in [0.2, 0.25) is 0 Å². The van der Waals surface area contributed by atoms with E-state index >= 15 is 0 Å². The topological polar surface area (TPSA) is 91.1 Å². The van der Waals surface area contributed by atoms with Crippen LogP contribution >= 0.6 is 0 Å². The van der Waals surface area contributed by atoms with E-state index in [1.165, 1.54) is 10.6 Å². The molecular weight excluding hydrogens is 294 g/mol. The Morgan fingerprint density at radius 3 is 2.48 bits per heavy atom. The molecule has 0 radical (unpaired) electrons. The van der Waals surface area contributed by atoms with Gasteiger partial charge in [0, 0.05) is 6.07 Å². The van der Waals surface area contributed by atoms with Gasteiger partial charge in [-0.2, -0.15) is 5.10 Å². The Morgan fingerprint density at radius 2 is 1.83 bits per heavy atom. The van der Waals surface area contributed by atoms with Gasteiger partial charge < -0.3 is 10.2 Å². The number of aryl methyl sites for hydroxylation is 2. The van der Waals surface area contributed by atoms with Crippen molar-refractivity contribution in [1.29, 1.82) is 0 Å². The molecule has 118 valence electrons. The average molecular weight is 311 g/mol. The first-order chi connectivity index (χ1) is 11.0. The summed E-state index contributed by atoms with van der Waals surface area (Å²) in [5.41, 5.74) is 2.39. The van der Waals surface area contributed by atoms with Crippen LogP contribution in [-0.4, -0.2) is 25.0 Å². The number of hydrogen-bond acceptors (Lipinski definition) is 4. The van der Waals surface area contributed by atoms with E-state index in [1.54, 1.807) is 6.07 Å². The number of aromatic amines is 1. The molecule has 6 nitrogen and oxygen atoms in total. The number of H-pyrrole nitrogens is 1. The van der Waals surface area contributed by atoms with Crippen molar-refractivity contribution in [3.63, 3.8) is 0 Å². The highest BCUT2D eigenvalue weighted by atomic mass is 16.3. The van der Waals surface area contributed by atoms with Crippen molar-refractivity contribution in [2.24, 2.45) is 0 Å². The molecule has 0 bridgehead atoms. The fourth-order valence-electron chi connectivity index (χ4n) is 2.50. The Bertz CT molecular complexity index is 908. The van der Waals surface area contributed by atoms with E-state index < -0.39 is 5.69 Å². The monoisotopic (exact) mass is 311 g/mol. The Kier molecular flexibility index (Phi) is 3.65. The third-order valence-corrected chi connectivity index (χ3v) is 3.78. The molecule has 0 aliphatic rings. The average Bonchev–Trinajstić information content (AvgIpc) is 2.90. The molecule has 6 heteroatoms. The highest BCUT2D eigenvalue weighted by molar-refractivity contribution is 5.68. The van der Waals surface area contributed by atoms with E-state index in [4.69, 9.17) is 0 Å². The molecule has 0 aliphatic carbocycles. The molecule has 3 aromatic rings. The molecule has 0 amide bonds. The van der Waals surface area contributed by atoms with E-state index in [0.29, 0.717) is 29.1 Å². The molecule has 23 heavy (non-hydrogen) atoms. The highest BCUT2D eigenvalue weighted by Gasteiger charge is 2.17. The van der Waals surface area contributed by atoms with E-state index in [9.17, 15) is 15.0 Å². The largest absolute Gasteiger partial charge is 0.508 e. The van der Waals surface area contributed by atoms with Crippen molar-refractivity contribution in [1.82, 2.24) is 14.8 Å². The summed E-state index contributed by atoms with van der Waals surface area (Å²) in [4.78, 5) is 12.1. The zero-order valence-electron chi connectivity index (χ0n) is 12.9. The SMILES string of the molecule is CCc1cc(-c2n[nH]c(=O)n2-c2ccc(C)cc2)c(O)cc1O. The fourth-order valence-corrected chi connectivity index (χ4v) is 2.50. The standard InChI is InChI=1S/C17H17N3O3/c1-3-11-8-13(15(22)9-14(11)21)16-18-19-17(23)20(16)12-6-4-10(2)5-7-12/h4-9,21-22H,3H2,1-2H3,(H,19,23). The fraction of sp³-hybridized carbons (Fsp3) is 0.176. The number of aromatic nitrogens is 3. The lowest BCUT2D eigenvalue weighted by Gasteiger charge is -2.10. The summed E-state index contributed by atoms with van der Waals surface area (Å²) < 4.78 is 1.39. The summed E-state index contributed by atoms with van der Waals surface area (Å²) >= 11 is 0. The van der Waals surface area contributed by atoms with E-state index in [2.05, 4.69) is 10.2 Å². The van der Waals surface area contributed by atoms with Crippen molar-refractivity contribution < 1.29 is 10.2 Å². The van der Waals surface area contributed by atoms with Gasteiger partial charge in [-0.3, -0.25) is 0 Å². The number of benzene rings is 2. The zero-order chi connectivity index (χ0) is 16.6. The van der Waals surface area contributed by atoms with Gasteiger partial charge in [-0.25, -0.2) is 14.5 Å². The van der Waals surface area contributed by atoms with Crippen molar-refractivity contribution in [3.05, 3.63) is 58.0 Å². The third kappa shape index (κ3) is 2.59. The van der Waals surface area contributed by atoms with Gasteiger partial charge in [0.25, 0.3) is 0 Å². The minimum atomic E-state index is -0.394. The van der Waals surface area contributed by atoms with Gasteiger partial charge in [-0.15, -0.1) is 0 Å². The number of phenolic OH excluding ortho intramolecular Hbond substituents is 2. The Balaban J connectivity index is 2.23. The Morgan fingerprint density at radius 1 is 1.13 bits per heavy atom. The van der Waals surface area contributed by atoms with Crippen molar-refractivity contribution in [2.75, 3.05) is 0 Å². The van der Waals surface area contributed by atoms with Gasteiger partial charge in [0.1, 0.15) is 11.5 Å². The van der Waals surface area contributed by atoms with Gasteiger partial charge in [0.05, 0.1) is 11.3 Å². The maximum absolute atomic E-state index is 12.1. The van der Waals surface area contributed by atoms with Crippen LogP contribution in [0.3, 0.4) is 0 Å². The smallest absolute Gasteiger partial charge is 0.348 e. The summed E-state index contributed by atoms with van der Waals surface area (Å²) in [7, 11) is 0. The summed E-state index contributed by atoms with van der Waals surface area (Å²) in [5.74, 6) is 0.187. The lowest BCUT2D eigenvalue weighted by molar-refractivity contribution is 0.447. The predicted octanol–water partition coefficient (Wildman–Crippen LogP) is 2.51. The van der Waals surface area contributed by atoms with Crippen LogP contribution in [0.5, 0.6) is 11.5 Å². The van der Waals surface area contributed by atoms with Crippen LogP contribution in [0.25, 0.3) is 17.1 Å². The zero-order valence-corrected chi connectivity index (χ0v) is 12.9. The molecule has 0 aliphatic heterocycles. The quantitative estimate of drug-likeness (QED) is 0.693. The van der Waals surface area contributed by atoms with Crippen LogP contribution < -0.4 is 5.69 Å². The normalized spacial score (nSPS) is 10.9. The van der Waals surface area contributed by atoms with Crippen molar-refractivity contribution in [2.45, 2.75) is 20.3 Å². The minimum absolute atomic E-state index is 0.0218. The number of phenols is 2. The minimum Gasteiger partial charge on any atom is -0.508 e. The second-order valence-corrected chi connectivity index (χ2v) is 5.37. The molecule has 0 atom stereocenters. The molecule has 1 aromatic heterocycles. The van der Waals surface area contributed by atoms with Crippen LogP contribution in [0.15, 0.2) is 41.2 Å². The first kappa shape index (κ1) is 14.9. The van der Waals surface area contributed by atoms with Gasteiger partial charge in [-0.05, 0) is 37.1 Å². The van der Waals surface area contributed by atoms with E-state index in [0.717, 1.165) is 5.56 Å². The van der Waals surface area contributed by atoms with Gasteiger partial charge >= 0.3 is 5.69 Å². The van der Waals surface area contributed by atoms with Crippen LogP contribution in [0.1, 0.15) is 18.1 Å². The second kappa shape index (κ2) is 5.64. The van der Waals surface area contributed by atoms with Gasteiger partial charge in [-0.1, -0.05) is 24.6 Å². The van der Waals surface area contributed by atoms with Crippen LogP contribution in [0.2, 0.25) is 0 Å². The summed E-state index contributed by atoms with van der Waals surface area (Å²) in [6.07, 6.45) is 0.596. The highest BCUT2D eigenvalue weighted by Crippen LogP contribution is 2.34. The van der Waals surface area contributed by atoms with Crippen LogP contribution in [0.4, 0.5) is 0 Å². The lowest BCUT2D eigenvalue weighted by atomic mass is 10.1. The number of rotatable bonds is 3. The third-order valence-electron chi connectivity index (χ3n) is 3.78. The van der Waals surface area contributed by atoms with Gasteiger partial charge in [0.15, 0.2) is 5.82 Å². The Hall–Kier alpha value is -3.02.